The Bertz CT molecular complexity index is 1630. The van der Waals surface area contributed by atoms with Crippen molar-refractivity contribution < 1.29 is 30.2 Å². The molecular weight excluding hydrogens is 641 g/mol. The zero-order chi connectivity index (χ0) is 24.0. The molecule has 0 radical (unpaired) electrons. The van der Waals surface area contributed by atoms with E-state index in [0.29, 0.717) is 11.4 Å². The quantitative estimate of drug-likeness (QED) is 0.195. The topological polar surface area (TPSA) is 53.1 Å². The number of hydrogen-bond acceptors (Lipinski definition) is 4. The number of pyridine rings is 1. The predicted octanol–water partition coefficient (Wildman–Crippen LogP) is 6.61. The maximum atomic E-state index is 6.07. The van der Waals surface area contributed by atoms with E-state index in [1.165, 1.54) is 22.3 Å². The number of ether oxygens (including phenoxy) is 1. The van der Waals surface area contributed by atoms with E-state index in [9.17, 15) is 0 Å². The molecule has 0 N–H and O–H groups in total. The monoisotopic (exact) mass is 660 g/mol. The van der Waals surface area contributed by atoms with E-state index in [0.717, 1.165) is 11.3 Å². The maximum absolute atomic E-state index is 6.07. The Labute approximate surface area is 228 Å². The predicted molar refractivity (Wildman–Crippen MR) is 135 cm³/mol. The number of nitrogens with zero attached hydrogens (tertiary/aromatic N) is 3. The van der Waals surface area contributed by atoms with E-state index in [4.69, 9.17) is 14.1 Å². The van der Waals surface area contributed by atoms with Gasteiger partial charge in [-0.3, -0.25) is 9.67 Å². The summed E-state index contributed by atoms with van der Waals surface area (Å²) in [4.78, 5) is 4.86. The normalized spacial score (nSPS) is 12.9. The number of aromatic nitrogens is 3. The molecule has 0 fully saturated rings. The Kier molecular flexibility index (Phi) is 5.86. The molecule has 0 unspecified atom stereocenters. The third-order valence-electron chi connectivity index (χ3n) is 6.64. The van der Waals surface area contributed by atoms with E-state index in [1.807, 2.05) is 42.7 Å². The molecule has 1 aliphatic rings. The minimum Gasteiger partial charge on any atom is -0.540 e. The van der Waals surface area contributed by atoms with Gasteiger partial charge in [-0.25, -0.2) is 0 Å². The van der Waals surface area contributed by atoms with Crippen molar-refractivity contribution in [3.8, 4) is 28.5 Å². The summed E-state index contributed by atoms with van der Waals surface area (Å²) in [5, 5.41) is 4.21. The second-order valence-electron chi connectivity index (χ2n) is 8.57. The first-order chi connectivity index (χ1) is 17.8. The number of rotatable bonds is 5. The number of furan rings is 1. The van der Waals surface area contributed by atoms with Gasteiger partial charge in [-0.2, -0.15) is 17.2 Å². The Balaban J connectivity index is 0.00000252. The first-order valence-corrected chi connectivity index (χ1v) is 11.7. The Morgan fingerprint density at radius 1 is 0.757 bits per heavy atom. The van der Waals surface area contributed by atoms with Gasteiger partial charge >= 0.3 is 21.1 Å². The van der Waals surface area contributed by atoms with E-state index in [2.05, 4.69) is 77.9 Å². The summed E-state index contributed by atoms with van der Waals surface area (Å²) in [6, 6.07) is 37.5. The largest absolute Gasteiger partial charge is 2.00 e. The summed E-state index contributed by atoms with van der Waals surface area (Å²) < 4.78 is 13.3. The van der Waals surface area contributed by atoms with Gasteiger partial charge in [-0.05, 0) is 46.7 Å². The van der Waals surface area contributed by atoms with Crippen molar-refractivity contribution >= 4 is 0 Å². The van der Waals surface area contributed by atoms with Crippen LogP contribution in [0.5, 0.6) is 11.7 Å². The molecule has 3 aromatic heterocycles. The number of benzene rings is 3. The fourth-order valence-corrected chi connectivity index (χ4v) is 5.19. The molecule has 1 aliphatic carbocycles. The first-order valence-electron chi connectivity index (χ1n) is 11.7. The van der Waals surface area contributed by atoms with Crippen LogP contribution < -0.4 is 4.74 Å². The van der Waals surface area contributed by atoms with E-state index >= 15 is 0 Å². The molecule has 0 saturated carbocycles. The van der Waals surface area contributed by atoms with E-state index < -0.39 is 5.41 Å². The summed E-state index contributed by atoms with van der Waals surface area (Å²) in [5.41, 5.74) is 6.63. The summed E-state index contributed by atoms with van der Waals surface area (Å²) >= 11 is 0. The van der Waals surface area contributed by atoms with E-state index in [1.54, 1.807) is 17.1 Å². The van der Waals surface area contributed by atoms with Crippen molar-refractivity contribution in [1.82, 2.24) is 14.8 Å². The third kappa shape index (κ3) is 3.66. The van der Waals surface area contributed by atoms with Crippen molar-refractivity contribution in [3.63, 3.8) is 0 Å². The molecule has 180 valence electrons. The zero-order valence-electron chi connectivity index (χ0n) is 19.4. The summed E-state index contributed by atoms with van der Waals surface area (Å²) in [7, 11) is 0. The van der Waals surface area contributed by atoms with Gasteiger partial charge in [-0.1, -0.05) is 60.3 Å². The van der Waals surface area contributed by atoms with Crippen molar-refractivity contribution in [3.05, 3.63) is 150 Å². The molecule has 5 nitrogen and oxygen atoms in total. The maximum Gasteiger partial charge on any atom is 2.00 e. The molecule has 0 amide bonds. The zero-order valence-corrected chi connectivity index (χ0v) is 21.7. The molecule has 3 aromatic carbocycles. The molecular formula is C31H19N3O2Pt. The average Bonchev–Trinajstić information content (AvgIpc) is 3.68. The number of hydrogen-bond donors (Lipinski definition) is 0. The second kappa shape index (κ2) is 9.34. The van der Waals surface area contributed by atoms with Crippen LogP contribution in [0.25, 0.3) is 16.8 Å². The van der Waals surface area contributed by atoms with Crippen LogP contribution in [0.15, 0.2) is 120 Å². The van der Waals surface area contributed by atoms with Crippen LogP contribution in [0.4, 0.5) is 0 Å². The van der Waals surface area contributed by atoms with Gasteiger partial charge in [0.15, 0.2) is 5.95 Å². The average molecular weight is 661 g/mol. The van der Waals surface area contributed by atoms with Crippen molar-refractivity contribution in [1.29, 1.82) is 0 Å². The smallest absolute Gasteiger partial charge is 0.540 e. The molecule has 3 heterocycles. The molecule has 37 heavy (non-hydrogen) atoms. The molecule has 6 aromatic rings. The summed E-state index contributed by atoms with van der Waals surface area (Å²) in [6.45, 7) is 0. The van der Waals surface area contributed by atoms with Gasteiger partial charge in [-0.15, -0.1) is 23.8 Å². The van der Waals surface area contributed by atoms with Crippen molar-refractivity contribution in [2.24, 2.45) is 0 Å². The SMILES string of the molecule is [Pt+2].[c-]1c(Oc2[c-]c(-n3cccn3)co2)cccc1C1(c2ccccn2)c2ccccc2-c2ccccc21. The molecule has 0 bridgehead atoms. The molecule has 6 heteroatoms. The van der Waals surface area contributed by atoms with Gasteiger partial charge in [0.1, 0.15) is 0 Å². The van der Waals surface area contributed by atoms with Gasteiger partial charge in [0.25, 0.3) is 0 Å². The Morgan fingerprint density at radius 2 is 1.51 bits per heavy atom. The molecule has 0 spiro atoms. The summed E-state index contributed by atoms with van der Waals surface area (Å²) in [5.74, 6) is 0.773. The Morgan fingerprint density at radius 3 is 2.22 bits per heavy atom. The molecule has 0 aliphatic heterocycles. The van der Waals surface area contributed by atoms with Crippen LogP contribution >= 0.6 is 0 Å². The van der Waals surface area contributed by atoms with E-state index in [-0.39, 0.29) is 27.0 Å². The standard InChI is InChI=1S/C31H19N3O2.Pt/c1-3-13-27-25(11-1)26-12-2-4-14-28(26)31(27,29-15-5-6-16-32-29)22-9-7-10-24(19-22)36-30-20-23(21-35-30)34-18-8-17-33-34;/h1-18,21H;/q-2;+2. The molecule has 7 rings (SSSR count). The minimum absolute atomic E-state index is 0. The fraction of sp³-hybridized carbons (Fsp3) is 0.0323. The van der Waals surface area contributed by atoms with Crippen LogP contribution in [0.3, 0.4) is 0 Å². The summed E-state index contributed by atoms with van der Waals surface area (Å²) in [6.07, 6.45) is 6.93. The van der Waals surface area contributed by atoms with Crippen LogP contribution in [-0.4, -0.2) is 14.8 Å². The van der Waals surface area contributed by atoms with Crippen molar-refractivity contribution in [2.45, 2.75) is 5.41 Å². The van der Waals surface area contributed by atoms with Gasteiger partial charge in [0.05, 0.1) is 11.1 Å². The van der Waals surface area contributed by atoms with Crippen LogP contribution in [0.2, 0.25) is 0 Å². The van der Waals surface area contributed by atoms with Crippen LogP contribution in [0, 0.1) is 12.1 Å². The van der Waals surface area contributed by atoms with Gasteiger partial charge in [0, 0.05) is 24.3 Å². The Hall–Kier alpha value is -4.21. The van der Waals surface area contributed by atoms with Crippen LogP contribution in [0.1, 0.15) is 22.4 Å². The van der Waals surface area contributed by atoms with Gasteiger partial charge in [0.2, 0.25) is 0 Å². The third-order valence-corrected chi connectivity index (χ3v) is 6.64. The van der Waals surface area contributed by atoms with Gasteiger partial charge < -0.3 is 9.15 Å². The molecule has 0 atom stereocenters. The van der Waals surface area contributed by atoms with Crippen LogP contribution in [-0.2, 0) is 26.5 Å². The number of fused-ring (bicyclic) bond motifs is 3. The fourth-order valence-electron chi connectivity index (χ4n) is 5.19. The van der Waals surface area contributed by atoms with Crippen molar-refractivity contribution in [2.75, 3.05) is 0 Å². The molecule has 0 saturated heterocycles. The first kappa shape index (κ1) is 23.2. The second-order valence-corrected chi connectivity index (χ2v) is 8.57. The minimum atomic E-state index is -0.638.